The van der Waals surface area contributed by atoms with Crippen LogP contribution >= 0.6 is 11.8 Å². The molecule has 3 nitrogen and oxygen atoms in total. The first-order valence-electron chi connectivity index (χ1n) is 4.80. The van der Waals surface area contributed by atoms with Crippen LogP contribution in [0, 0.1) is 0 Å². The van der Waals surface area contributed by atoms with Gasteiger partial charge < -0.3 is 11.1 Å². The van der Waals surface area contributed by atoms with Gasteiger partial charge in [0.05, 0.1) is 5.75 Å². The van der Waals surface area contributed by atoms with E-state index >= 15 is 0 Å². The Kier molecular flexibility index (Phi) is 5.21. The quantitative estimate of drug-likeness (QED) is 0.789. The van der Waals surface area contributed by atoms with E-state index in [-0.39, 0.29) is 11.9 Å². The number of hydrogen-bond acceptors (Lipinski definition) is 3. The molecule has 0 bridgehead atoms. The lowest BCUT2D eigenvalue weighted by Gasteiger charge is -2.12. The van der Waals surface area contributed by atoms with Crippen LogP contribution in [0.3, 0.4) is 0 Å². The Labute approximate surface area is 94.4 Å². The first-order valence-corrected chi connectivity index (χ1v) is 6.19. The number of carbonyl (C=O) groups is 1. The Morgan fingerprint density at radius 3 is 2.73 bits per heavy atom. The molecule has 0 aliphatic carbocycles. The van der Waals surface area contributed by atoms with E-state index in [1.165, 1.54) is 11.8 Å². The van der Waals surface area contributed by atoms with Crippen molar-refractivity contribution in [3.8, 4) is 0 Å². The lowest BCUT2D eigenvalue weighted by Crippen LogP contribution is -2.32. The summed E-state index contributed by atoms with van der Waals surface area (Å²) in [7, 11) is 0. The summed E-state index contributed by atoms with van der Waals surface area (Å²) in [5.74, 6) is 0.524. The predicted octanol–water partition coefficient (Wildman–Crippen LogP) is 1.17. The molecule has 0 fully saturated rings. The minimum Gasteiger partial charge on any atom is -0.353 e. The molecule has 15 heavy (non-hydrogen) atoms. The van der Waals surface area contributed by atoms with E-state index in [1.807, 2.05) is 36.6 Å². The molecule has 0 spiro atoms. The summed E-state index contributed by atoms with van der Waals surface area (Å²) in [5, 5.41) is 2.80. The molecule has 1 amide bonds. The van der Waals surface area contributed by atoms with Crippen molar-refractivity contribution in [2.75, 3.05) is 18.6 Å². The molecule has 0 aromatic heterocycles. The number of benzene rings is 1. The third-order valence-corrected chi connectivity index (χ3v) is 2.57. The second-order valence-corrected chi connectivity index (χ2v) is 4.12. The second-order valence-electron chi connectivity index (χ2n) is 3.25. The van der Waals surface area contributed by atoms with E-state index in [4.69, 9.17) is 5.73 Å². The SMILES string of the molecule is CSCC(=O)NCC(N)c1ccccc1. The molecule has 0 saturated carbocycles. The first-order chi connectivity index (χ1) is 7.24. The summed E-state index contributed by atoms with van der Waals surface area (Å²) in [6, 6.07) is 9.63. The molecular formula is C11H16N2OS. The van der Waals surface area contributed by atoms with Crippen molar-refractivity contribution in [3.63, 3.8) is 0 Å². The molecule has 3 N–H and O–H groups in total. The summed E-state index contributed by atoms with van der Waals surface area (Å²) in [6.45, 7) is 0.489. The summed E-state index contributed by atoms with van der Waals surface area (Å²) >= 11 is 1.50. The number of thioether (sulfide) groups is 1. The topological polar surface area (TPSA) is 55.1 Å². The lowest BCUT2D eigenvalue weighted by molar-refractivity contribution is -0.118. The third-order valence-electron chi connectivity index (χ3n) is 2.02. The van der Waals surface area contributed by atoms with Gasteiger partial charge in [0.25, 0.3) is 0 Å². The van der Waals surface area contributed by atoms with Gasteiger partial charge in [-0.05, 0) is 11.8 Å². The van der Waals surface area contributed by atoms with E-state index < -0.39 is 0 Å². The number of rotatable bonds is 5. The molecule has 0 aliphatic heterocycles. The van der Waals surface area contributed by atoms with E-state index in [2.05, 4.69) is 5.32 Å². The van der Waals surface area contributed by atoms with Crippen LogP contribution in [0.5, 0.6) is 0 Å². The van der Waals surface area contributed by atoms with Crippen molar-refractivity contribution < 1.29 is 4.79 Å². The van der Waals surface area contributed by atoms with Crippen molar-refractivity contribution in [1.82, 2.24) is 5.32 Å². The number of amides is 1. The molecule has 1 rings (SSSR count). The predicted molar refractivity (Wildman–Crippen MR) is 64.8 cm³/mol. The van der Waals surface area contributed by atoms with Gasteiger partial charge in [-0.15, -0.1) is 0 Å². The zero-order valence-corrected chi connectivity index (χ0v) is 9.59. The number of hydrogen-bond donors (Lipinski definition) is 2. The Bertz CT molecular complexity index is 303. The molecule has 0 radical (unpaired) electrons. The van der Waals surface area contributed by atoms with Gasteiger partial charge in [-0.2, -0.15) is 11.8 Å². The van der Waals surface area contributed by atoms with Crippen LogP contribution in [0.25, 0.3) is 0 Å². The minimum absolute atomic E-state index is 0.0360. The zero-order valence-electron chi connectivity index (χ0n) is 8.77. The van der Waals surface area contributed by atoms with Crippen LogP contribution < -0.4 is 11.1 Å². The minimum atomic E-state index is -0.128. The van der Waals surface area contributed by atoms with Gasteiger partial charge in [0.1, 0.15) is 0 Å². The van der Waals surface area contributed by atoms with Gasteiger partial charge in [-0.1, -0.05) is 30.3 Å². The van der Waals surface area contributed by atoms with Gasteiger partial charge >= 0.3 is 0 Å². The van der Waals surface area contributed by atoms with Crippen LogP contribution in [0.15, 0.2) is 30.3 Å². The fourth-order valence-electron chi connectivity index (χ4n) is 1.22. The molecule has 0 aliphatic rings. The van der Waals surface area contributed by atoms with Gasteiger partial charge in [0.15, 0.2) is 0 Å². The van der Waals surface area contributed by atoms with Crippen LogP contribution in [0.2, 0.25) is 0 Å². The average molecular weight is 224 g/mol. The highest BCUT2D eigenvalue weighted by atomic mass is 32.2. The Morgan fingerprint density at radius 2 is 2.13 bits per heavy atom. The Morgan fingerprint density at radius 1 is 1.47 bits per heavy atom. The molecular weight excluding hydrogens is 208 g/mol. The summed E-state index contributed by atoms with van der Waals surface area (Å²) in [5.41, 5.74) is 6.96. The van der Waals surface area contributed by atoms with Crippen molar-refractivity contribution in [1.29, 1.82) is 0 Å². The molecule has 0 saturated heterocycles. The van der Waals surface area contributed by atoms with Gasteiger partial charge in [-0.25, -0.2) is 0 Å². The highest BCUT2D eigenvalue weighted by Crippen LogP contribution is 2.07. The van der Waals surface area contributed by atoms with Crippen LogP contribution in [-0.2, 0) is 4.79 Å². The standard InChI is InChI=1S/C11H16N2OS/c1-15-8-11(14)13-7-10(12)9-5-3-2-4-6-9/h2-6,10H,7-8,12H2,1H3,(H,13,14). The van der Waals surface area contributed by atoms with Gasteiger partial charge in [0.2, 0.25) is 5.91 Å². The number of carbonyl (C=O) groups excluding carboxylic acids is 1. The summed E-state index contributed by atoms with van der Waals surface area (Å²) in [4.78, 5) is 11.2. The van der Waals surface area contributed by atoms with Crippen LogP contribution in [-0.4, -0.2) is 24.5 Å². The molecule has 82 valence electrons. The van der Waals surface area contributed by atoms with Crippen LogP contribution in [0.1, 0.15) is 11.6 Å². The van der Waals surface area contributed by atoms with Crippen molar-refractivity contribution in [2.24, 2.45) is 5.73 Å². The van der Waals surface area contributed by atoms with Crippen molar-refractivity contribution in [2.45, 2.75) is 6.04 Å². The van der Waals surface area contributed by atoms with E-state index in [9.17, 15) is 4.79 Å². The fraction of sp³-hybridized carbons (Fsp3) is 0.364. The maximum Gasteiger partial charge on any atom is 0.230 e. The molecule has 1 aromatic carbocycles. The Hall–Kier alpha value is -1.00. The van der Waals surface area contributed by atoms with Crippen molar-refractivity contribution >= 4 is 17.7 Å². The lowest BCUT2D eigenvalue weighted by atomic mass is 10.1. The molecule has 1 aromatic rings. The molecule has 4 heteroatoms. The highest BCUT2D eigenvalue weighted by molar-refractivity contribution is 7.99. The van der Waals surface area contributed by atoms with Gasteiger partial charge in [0, 0.05) is 12.6 Å². The normalized spacial score (nSPS) is 12.1. The largest absolute Gasteiger partial charge is 0.353 e. The summed E-state index contributed by atoms with van der Waals surface area (Å²) in [6.07, 6.45) is 1.90. The molecule has 1 atom stereocenters. The molecule has 1 unspecified atom stereocenters. The average Bonchev–Trinajstić information content (AvgIpc) is 2.27. The fourth-order valence-corrected chi connectivity index (χ4v) is 1.59. The first kappa shape index (κ1) is 12.1. The smallest absolute Gasteiger partial charge is 0.230 e. The zero-order chi connectivity index (χ0) is 11.1. The van der Waals surface area contributed by atoms with Gasteiger partial charge in [-0.3, -0.25) is 4.79 Å². The number of nitrogens with two attached hydrogens (primary N) is 1. The Balaban J connectivity index is 2.37. The second kappa shape index (κ2) is 6.48. The maximum atomic E-state index is 11.2. The molecule has 0 heterocycles. The summed E-state index contributed by atoms with van der Waals surface area (Å²) < 4.78 is 0. The van der Waals surface area contributed by atoms with E-state index in [0.29, 0.717) is 12.3 Å². The van der Waals surface area contributed by atoms with Crippen molar-refractivity contribution in [3.05, 3.63) is 35.9 Å². The monoisotopic (exact) mass is 224 g/mol. The van der Waals surface area contributed by atoms with E-state index in [0.717, 1.165) is 5.56 Å². The van der Waals surface area contributed by atoms with E-state index in [1.54, 1.807) is 0 Å². The third kappa shape index (κ3) is 4.36. The maximum absolute atomic E-state index is 11.2. The highest BCUT2D eigenvalue weighted by Gasteiger charge is 2.06. The van der Waals surface area contributed by atoms with Crippen LogP contribution in [0.4, 0.5) is 0 Å². The number of nitrogens with one attached hydrogen (secondary N) is 1.